The summed E-state index contributed by atoms with van der Waals surface area (Å²) in [6, 6.07) is -0.0151. The first-order valence-corrected chi connectivity index (χ1v) is 5.01. The Labute approximate surface area is 79.6 Å². The third-order valence-electron chi connectivity index (χ3n) is 3.32. The summed E-state index contributed by atoms with van der Waals surface area (Å²) >= 11 is 0. The number of esters is 1. The number of nitrogens with two attached hydrogens (primary N) is 1. The molecule has 1 aliphatic rings. The summed E-state index contributed by atoms with van der Waals surface area (Å²) in [5.41, 5.74) is 5.60. The molecule has 0 aromatic heterocycles. The number of carbonyl (C=O) groups excluding carboxylic acids is 1. The second-order valence-corrected chi connectivity index (χ2v) is 3.85. The van der Waals surface area contributed by atoms with Gasteiger partial charge in [0.25, 0.3) is 0 Å². The number of rotatable bonds is 2. The normalized spacial score (nSPS) is 34.2. The van der Waals surface area contributed by atoms with Gasteiger partial charge in [0.2, 0.25) is 0 Å². The Kier molecular flexibility index (Phi) is 3.31. The Balaban J connectivity index is 2.82. The van der Waals surface area contributed by atoms with Gasteiger partial charge in [0.05, 0.1) is 12.5 Å². The molecule has 76 valence electrons. The number of methoxy groups -OCH3 is 1. The molecule has 0 heterocycles. The van der Waals surface area contributed by atoms with Gasteiger partial charge >= 0.3 is 5.97 Å². The maximum Gasteiger partial charge on any atom is 0.313 e. The van der Waals surface area contributed by atoms with E-state index in [0.29, 0.717) is 0 Å². The average Bonchev–Trinajstić information content (AvgIpc) is 2.18. The van der Waals surface area contributed by atoms with E-state index in [1.54, 1.807) is 0 Å². The van der Waals surface area contributed by atoms with Crippen molar-refractivity contribution in [2.24, 2.45) is 11.1 Å². The van der Waals surface area contributed by atoms with Gasteiger partial charge in [0.15, 0.2) is 0 Å². The van der Waals surface area contributed by atoms with Crippen LogP contribution in [0.1, 0.15) is 39.0 Å². The maximum atomic E-state index is 11.6. The third-order valence-corrected chi connectivity index (χ3v) is 3.32. The summed E-state index contributed by atoms with van der Waals surface area (Å²) in [4.78, 5) is 11.6. The van der Waals surface area contributed by atoms with Gasteiger partial charge in [-0.1, -0.05) is 19.8 Å². The molecule has 0 aromatic rings. The lowest BCUT2D eigenvalue weighted by Gasteiger charge is -2.38. The highest BCUT2D eigenvalue weighted by Gasteiger charge is 2.44. The van der Waals surface area contributed by atoms with Crippen LogP contribution in [0, 0.1) is 5.41 Å². The Morgan fingerprint density at radius 1 is 1.62 bits per heavy atom. The molecule has 1 rings (SSSR count). The molecule has 0 radical (unpaired) electrons. The van der Waals surface area contributed by atoms with Gasteiger partial charge in [-0.05, 0) is 19.3 Å². The van der Waals surface area contributed by atoms with E-state index < -0.39 is 5.41 Å². The molecule has 0 spiro atoms. The van der Waals surface area contributed by atoms with E-state index in [4.69, 9.17) is 10.5 Å². The van der Waals surface area contributed by atoms with Crippen molar-refractivity contribution in [2.75, 3.05) is 7.11 Å². The summed E-state index contributed by atoms with van der Waals surface area (Å²) in [6.07, 6.45) is 4.86. The smallest absolute Gasteiger partial charge is 0.313 e. The van der Waals surface area contributed by atoms with Crippen LogP contribution in [0.2, 0.25) is 0 Å². The molecule has 0 bridgehead atoms. The number of hydrogen-bond donors (Lipinski definition) is 1. The highest BCUT2D eigenvalue weighted by molar-refractivity contribution is 5.77. The van der Waals surface area contributed by atoms with Crippen molar-refractivity contribution in [1.82, 2.24) is 0 Å². The minimum atomic E-state index is -0.396. The molecule has 2 N–H and O–H groups in total. The van der Waals surface area contributed by atoms with Crippen LogP contribution in [0.4, 0.5) is 0 Å². The van der Waals surface area contributed by atoms with Crippen LogP contribution in [0.25, 0.3) is 0 Å². The van der Waals surface area contributed by atoms with Crippen molar-refractivity contribution >= 4 is 5.97 Å². The molecule has 0 amide bonds. The van der Waals surface area contributed by atoms with Gasteiger partial charge < -0.3 is 10.5 Å². The first kappa shape index (κ1) is 10.5. The summed E-state index contributed by atoms with van der Waals surface area (Å²) in [5, 5.41) is 0. The lowest BCUT2D eigenvalue weighted by atomic mass is 9.69. The molecule has 0 aromatic carbocycles. The number of hydrogen-bond acceptors (Lipinski definition) is 3. The zero-order valence-electron chi connectivity index (χ0n) is 8.51. The molecule has 3 heteroatoms. The zero-order valence-corrected chi connectivity index (χ0v) is 8.51. The third kappa shape index (κ3) is 1.70. The van der Waals surface area contributed by atoms with E-state index in [1.807, 2.05) is 6.92 Å². The van der Waals surface area contributed by atoms with Crippen LogP contribution in [0.15, 0.2) is 0 Å². The van der Waals surface area contributed by atoms with Crippen LogP contribution in [0.5, 0.6) is 0 Å². The minimum Gasteiger partial charge on any atom is -0.469 e. The monoisotopic (exact) mass is 185 g/mol. The molecule has 1 aliphatic carbocycles. The van der Waals surface area contributed by atoms with Crippen LogP contribution in [0.3, 0.4) is 0 Å². The Hall–Kier alpha value is -0.570. The van der Waals surface area contributed by atoms with E-state index in [2.05, 4.69) is 0 Å². The number of ether oxygens (including phenoxy) is 1. The molecule has 2 unspecified atom stereocenters. The SMILES string of the molecule is CCC1(C(=O)OC)CCCCC1N. The highest BCUT2D eigenvalue weighted by Crippen LogP contribution is 2.39. The van der Waals surface area contributed by atoms with Gasteiger partial charge in [0, 0.05) is 6.04 Å². The number of carbonyl (C=O) groups is 1. The van der Waals surface area contributed by atoms with E-state index in [1.165, 1.54) is 7.11 Å². The predicted molar refractivity (Wildman–Crippen MR) is 51.2 cm³/mol. The molecule has 3 nitrogen and oxygen atoms in total. The molecular formula is C10H19NO2. The largest absolute Gasteiger partial charge is 0.469 e. The summed E-state index contributed by atoms with van der Waals surface area (Å²) in [5.74, 6) is -0.123. The lowest BCUT2D eigenvalue weighted by molar-refractivity contribution is -0.156. The molecule has 0 aliphatic heterocycles. The molecule has 13 heavy (non-hydrogen) atoms. The lowest BCUT2D eigenvalue weighted by Crippen LogP contribution is -2.49. The van der Waals surface area contributed by atoms with Crippen molar-refractivity contribution in [3.63, 3.8) is 0 Å². The van der Waals surface area contributed by atoms with Crippen molar-refractivity contribution in [3.05, 3.63) is 0 Å². The molecular weight excluding hydrogens is 166 g/mol. The minimum absolute atomic E-state index is 0.0151. The van der Waals surface area contributed by atoms with Gasteiger partial charge in [-0.15, -0.1) is 0 Å². The van der Waals surface area contributed by atoms with Gasteiger partial charge in [-0.25, -0.2) is 0 Å². The first-order chi connectivity index (χ1) is 6.17. The Morgan fingerprint density at radius 2 is 2.31 bits per heavy atom. The van der Waals surface area contributed by atoms with Gasteiger partial charge in [-0.2, -0.15) is 0 Å². The standard InChI is InChI=1S/C10H19NO2/c1-3-10(9(12)13-2)7-5-4-6-8(10)11/h8H,3-7,11H2,1-2H3. The van der Waals surface area contributed by atoms with Crippen molar-refractivity contribution < 1.29 is 9.53 Å². The highest BCUT2D eigenvalue weighted by atomic mass is 16.5. The predicted octanol–water partition coefficient (Wildman–Crippen LogP) is 1.46. The summed E-state index contributed by atoms with van der Waals surface area (Å²) in [6.45, 7) is 2.02. The van der Waals surface area contributed by atoms with Gasteiger partial charge in [-0.3, -0.25) is 4.79 Å². The second kappa shape index (κ2) is 4.09. The first-order valence-electron chi connectivity index (χ1n) is 5.01. The van der Waals surface area contributed by atoms with E-state index in [0.717, 1.165) is 32.1 Å². The topological polar surface area (TPSA) is 52.3 Å². The van der Waals surface area contributed by atoms with Gasteiger partial charge in [0.1, 0.15) is 0 Å². The van der Waals surface area contributed by atoms with Crippen molar-refractivity contribution in [2.45, 2.75) is 45.1 Å². The Morgan fingerprint density at radius 3 is 2.77 bits per heavy atom. The fourth-order valence-corrected chi connectivity index (χ4v) is 2.31. The maximum absolute atomic E-state index is 11.6. The average molecular weight is 185 g/mol. The van der Waals surface area contributed by atoms with Crippen LogP contribution in [-0.2, 0) is 9.53 Å². The van der Waals surface area contributed by atoms with E-state index in [9.17, 15) is 4.79 Å². The van der Waals surface area contributed by atoms with Crippen LogP contribution in [-0.4, -0.2) is 19.1 Å². The summed E-state index contributed by atoms with van der Waals surface area (Å²) < 4.78 is 4.84. The Bertz CT molecular complexity index is 193. The van der Waals surface area contributed by atoms with Crippen molar-refractivity contribution in [3.8, 4) is 0 Å². The van der Waals surface area contributed by atoms with Crippen molar-refractivity contribution in [1.29, 1.82) is 0 Å². The molecule has 1 saturated carbocycles. The molecule has 1 fully saturated rings. The molecule has 2 atom stereocenters. The molecule has 0 saturated heterocycles. The second-order valence-electron chi connectivity index (χ2n) is 3.85. The van der Waals surface area contributed by atoms with E-state index >= 15 is 0 Å². The van der Waals surface area contributed by atoms with Crippen LogP contribution < -0.4 is 5.73 Å². The zero-order chi connectivity index (χ0) is 9.90. The quantitative estimate of drug-likeness (QED) is 0.662. The fraction of sp³-hybridized carbons (Fsp3) is 0.900. The van der Waals surface area contributed by atoms with E-state index in [-0.39, 0.29) is 12.0 Å². The fourth-order valence-electron chi connectivity index (χ4n) is 2.31. The van der Waals surface area contributed by atoms with Crippen LogP contribution >= 0.6 is 0 Å². The summed E-state index contributed by atoms with van der Waals surface area (Å²) in [7, 11) is 1.45.